The molecule has 0 bridgehead atoms. The van der Waals surface area contributed by atoms with Gasteiger partial charge in [0.15, 0.2) is 0 Å². The van der Waals surface area contributed by atoms with E-state index in [1.165, 1.54) is 0 Å². The van der Waals surface area contributed by atoms with Gasteiger partial charge in [-0.05, 0) is 36.5 Å². The molecule has 1 aromatic rings. The second-order valence-corrected chi connectivity index (χ2v) is 6.14. The molecule has 2 atom stereocenters. The number of phenols is 1. The molecule has 0 aliphatic rings. The molecule has 1 rings (SSSR count). The molecule has 0 radical (unpaired) electrons. The Labute approximate surface area is 110 Å². The summed E-state index contributed by atoms with van der Waals surface area (Å²) in [6.45, 7) is 8.95. The van der Waals surface area contributed by atoms with Crippen LogP contribution < -0.4 is 5.32 Å². The molecule has 0 heterocycles. The van der Waals surface area contributed by atoms with Gasteiger partial charge < -0.3 is 15.5 Å². The average Bonchev–Trinajstić information content (AvgIpc) is 2.23. The third kappa shape index (κ3) is 5.52. The van der Waals surface area contributed by atoms with Crippen LogP contribution in [0.15, 0.2) is 24.3 Å². The number of aliphatic hydroxyl groups is 1. The van der Waals surface area contributed by atoms with Crippen LogP contribution in [0.2, 0.25) is 0 Å². The molecule has 1 aromatic carbocycles. The fraction of sp³-hybridized carbons (Fsp3) is 0.600. The van der Waals surface area contributed by atoms with Gasteiger partial charge >= 0.3 is 0 Å². The van der Waals surface area contributed by atoms with Crippen LogP contribution in [0, 0.1) is 5.41 Å². The van der Waals surface area contributed by atoms with Gasteiger partial charge in [-0.2, -0.15) is 0 Å². The smallest absolute Gasteiger partial charge is 0.115 e. The lowest BCUT2D eigenvalue weighted by molar-refractivity contribution is 0.117. The van der Waals surface area contributed by atoms with E-state index in [2.05, 4.69) is 26.1 Å². The number of nitrogens with one attached hydrogen (secondary N) is 1. The van der Waals surface area contributed by atoms with E-state index < -0.39 is 0 Å². The molecule has 3 N–H and O–H groups in total. The van der Waals surface area contributed by atoms with E-state index >= 15 is 0 Å². The van der Waals surface area contributed by atoms with Crippen molar-refractivity contribution in [1.29, 1.82) is 0 Å². The topological polar surface area (TPSA) is 52.5 Å². The minimum absolute atomic E-state index is 0.117. The van der Waals surface area contributed by atoms with Crippen molar-refractivity contribution in [3.8, 4) is 5.75 Å². The number of aliphatic hydroxyl groups excluding tert-OH is 1. The van der Waals surface area contributed by atoms with Gasteiger partial charge in [0, 0.05) is 12.6 Å². The third-order valence-electron chi connectivity index (χ3n) is 2.88. The zero-order valence-corrected chi connectivity index (χ0v) is 11.8. The van der Waals surface area contributed by atoms with E-state index in [-0.39, 0.29) is 23.3 Å². The first kappa shape index (κ1) is 15.0. The molecule has 3 nitrogen and oxygen atoms in total. The highest BCUT2D eigenvalue weighted by Crippen LogP contribution is 2.21. The highest BCUT2D eigenvalue weighted by Gasteiger charge is 2.17. The molecule has 102 valence electrons. The largest absolute Gasteiger partial charge is 0.508 e. The normalized spacial score (nSPS) is 15.4. The summed E-state index contributed by atoms with van der Waals surface area (Å²) in [6, 6.07) is 7.31. The number of phenolic OH excluding ortho intramolecular Hbond substituents is 1. The second-order valence-electron chi connectivity index (χ2n) is 6.14. The van der Waals surface area contributed by atoms with E-state index in [1.807, 2.05) is 19.1 Å². The number of benzene rings is 1. The number of hydrogen-bond donors (Lipinski definition) is 3. The van der Waals surface area contributed by atoms with Gasteiger partial charge in [0.05, 0.1) is 6.10 Å². The van der Waals surface area contributed by atoms with Crippen molar-refractivity contribution in [2.45, 2.75) is 46.3 Å². The van der Waals surface area contributed by atoms with Gasteiger partial charge in [0.1, 0.15) is 5.75 Å². The van der Waals surface area contributed by atoms with Crippen molar-refractivity contribution in [3.05, 3.63) is 29.8 Å². The molecule has 0 amide bonds. The lowest BCUT2D eigenvalue weighted by Crippen LogP contribution is -2.31. The van der Waals surface area contributed by atoms with Crippen LogP contribution in [0.1, 0.15) is 45.7 Å². The molecule has 0 aromatic heterocycles. The predicted octanol–water partition coefficient (Wildman–Crippen LogP) is 2.84. The molecular weight excluding hydrogens is 226 g/mol. The maximum atomic E-state index is 9.92. The van der Waals surface area contributed by atoms with Gasteiger partial charge in [-0.25, -0.2) is 0 Å². The van der Waals surface area contributed by atoms with Crippen molar-refractivity contribution < 1.29 is 10.2 Å². The van der Waals surface area contributed by atoms with Gasteiger partial charge in [-0.1, -0.05) is 32.9 Å². The van der Waals surface area contributed by atoms with Gasteiger partial charge in [-0.3, -0.25) is 0 Å². The Kier molecular flexibility index (Phi) is 5.17. The van der Waals surface area contributed by atoms with E-state index in [4.69, 9.17) is 0 Å². The van der Waals surface area contributed by atoms with Crippen molar-refractivity contribution >= 4 is 0 Å². The van der Waals surface area contributed by atoms with Crippen molar-refractivity contribution in [2.24, 2.45) is 5.41 Å². The Balaban J connectivity index is 2.44. The lowest BCUT2D eigenvalue weighted by atomic mass is 9.89. The monoisotopic (exact) mass is 251 g/mol. The summed E-state index contributed by atoms with van der Waals surface area (Å²) in [5, 5.41) is 22.6. The van der Waals surface area contributed by atoms with E-state index in [9.17, 15) is 10.2 Å². The molecule has 0 fully saturated rings. The van der Waals surface area contributed by atoms with Crippen molar-refractivity contribution in [3.63, 3.8) is 0 Å². The first-order valence-corrected chi connectivity index (χ1v) is 6.48. The molecule has 0 spiro atoms. The lowest BCUT2D eigenvalue weighted by Gasteiger charge is -2.24. The number of rotatable bonds is 5. The highest BCUT2D eigenvalue weighted by molar-refractivity contribution is 5.28. The average molecular weight is 251 g/mol. The Hall–Kier alpha value is -1.06. The maximum absolute atomic E-state index is 9.92. The standard InChI is InChI=1S/C15H25NO2/c1-11(12-6-5-7-13(17)8-12)16-10-14(18)9-15(2,3)4/h5-8,11,14,16-18H,9-10H2,1-4H3. The fourth-order valence-corrected chi connectivity index (χ4v) is 2.00. The summed E-state index contributed by atoms with van der Waals surface area (Å²) in [6.07, 6.45) is 0.428. The Morgan fingerprint density at radius 1 is 1.28 bits per heavy atom. The van der Waals surface area contributed by atoms with Crippen LogP contribution in [0.5, 0.6) is 5.75 Å². The van der Waals surface area contributed by atoms with Crippen LogP contribution in [-0.4, -0.2) is 22.9 Å². The summed E-state index contributed by atoms with van der Waals surface area (Å²) < 4.78 is 0. The molecular formula is C15H25NO2. The minimum atomic E-state index is -0.343. The zero-order chi connectivity index (χ0) is 13.8. The molecule has 3 heteroatoms. The Morgan fingerprint density at radius 3 is 2.50 bits per heavy atom. The minimum Gasteiger partial charge on any atom is -0.508 e. The summed E-state index contributed by atoms with van der Waals surface area (Å²) in [4.78, 5) is 0. The van der Waals surface area contributed by atoms with Crippen LogP contribution >= 0.6 is 0 Å². The SMILES string of the molecule is CC(NCC(O)CC(C)(C)C)c1cccc(O)c1. The first-order valence-electron chi connectivity index (χ1n) is 6.48. The van der Waals surface area contributed by atoms with Crippen molar-refractivity contribution in [1.82, 2.24) is 5.32 Å². The molecule has 0 aliphatic carbocycles. The molecule has 0 aliphatic heterocycles. The zero-order valence-electron chi connectivity index (χ0n) is 11.8. The van der Waals surface area contributed by atoms with E-state index in [0.29, 0.717) is 6.54 Å². The third-order valence-corrected chi connectivity index (χ3v) is 2.88. The number of aromatic hydroxyl groups is 1. The molecule has 0 saturated carbocycles. The quantitative estimate of drug-likeness (QED) is 0.754. The van der Waals surface area contributed by atoms with Crippen LogP contribution in [0.4, 0.5) is 0 Å². The Bertz CT molecular complexity index is 371. The van der Waals surface area contributed by atoms with Crippen LogP contribution in [0.3, 0.4) is 0 Å². The summed E-state index contributed by atoms with van der Waals surface area (Å²) >= 11 is 0. The molecule has 18 heavy (non-hydrogen) atoms. The summed E-state index contributed by atoms with van der Waals surface area (Å²) in [5.41, 5.74) is 1.16. The molecule has 0 saturated heterocycles. The highest BCUT2D eigenvalue weighted by atomic mass is 16.3. The van der Waals surface area contributed by atoms with Gasteiger partial charge in [0.2, 0.25) is 0 Å². The molecule has 2 unspecified atom stereocenters. The van der Waals surface area contributed by atoms with Gasteiger partial charge in [-0.15, -0.1) is 0 Å². The van der Waals surface area contributed by atoms with Crippen LogP contribution in [0.25, 0.3) is 0 Å². The van der Waals surface area contributed by atoms with Crippen LogP contribution in [-0.2, 0) is 0 Å². The number of hydrogen-bond acceptors (Lipinski definition) is 3. The summed E-state index contributed by atoms with van der Waals surface area (Å²) in [5.74, 6) is 0.274. The van der Waals surface area contributed by atoms with Crippen molar-refractivity contribution in [2.75, 3.05) is 6.54 Å². The van der Waals surface area contributed by atoms with E-state index in [0.717, 1.165) is 12.0 Å². The maximum Gasteiger partial charge on any atom is 0.115 e. The second kappa shape index (κ2) is 6.21. The van der Waals surface area contributed by atoms with E-state index in [1.54, 1.807) is 12.1 Å². The first-order chi connectivity index (χ1) is 8.28. The fourth-order valence-electron chi connectivity index (χ4n) is 2.00. The summed E-state index contributed by atoms with van der Waals surface area (Å²) in [7, 11) is 0. The predicted molar refractivity (Wildman–Crippen MR) is 74.6 cm³/mol. The Morgan fingerprint density at radius 2 is 1.94 bits per heavy atom. The van der Waals surface area contributed by atoms with Gasteiger partial charge in [0.25, 0.3) is 0 Å².